The lowest BCUT2D eigenvalue weighted by Crippen LogP contribution is -1.84. The van der Waals surface area contributed by atoms with Gasteiger partial charge in [-0.25, -0.2) is 0 Å². The highest BCUT2D eigenvalue weighted by molar-refractivity contribution is 7.84. The fourth-order valence-electron chi connectivity index (χ4n) is 2.71. The van der Waals surface area contributed by atoms with Gasteiger partial charge in [0.05, 0.1) is 0 Å². The van der Waals surface area contributed by atoms with Crippen LogP contribution in [-0.4, -0.2) is 0 Å². The second kappa shape index (κ2) is 18.3. The molecule has 0 amide bonds. The topological polar surface area (TPSA) is 0 Å². The van der Waals surface area contributed by atoms with Crippen molar-refractivity contribution in [3.05, 3.63) is 93.0 Å². The Bertz CT molecular complexity index is 1140. The Labute approximate surface area is 221 Å². The molecule has 2 rings (SSSR count). The number of allylic oxidation sites excluding steroid dienone is 9. The summed E-state index contributed by atoms with van der Waals surface area (Å²) in [4.78, 5) is 0.963. The third-order valence-corrected chi connectivity index (χ3v) is 4.88. The maximum atomic E-state index is 4.26. The van der Waals surface area contributed by atoms with Crippen molar-refractivity contribution < 1.29 is 0 Å². The zero-order valence-corrected chi connectivity index (χ0v) is 24.1. The summed E-state index contributed by atoms with van der Waals surface area (Å²) in [5.41, 5.74) is 7.56. The van der Waals surface area contributed by atoms with E-state index < -0.39 is 0 Å². The van der Waals surface area contributed by atoms with Crippen molar-refractivity contribution in [1.82, 2.24) is 0 Å². The SMILES string of the molecule is C=C1CC1C#Cc1ccc(C#C/C(CC)=C(C)/C=C(\C)C#C/C(C)=C/C=C(\C)S)cc1.CC.CC. The van der Waals surface area contributed by atoms with E-state index in [0.29, 0.717) is 5.92 Å². The molecule has 1 aromatic carbocycles. The predicted molar refractivity (Wildman–Crippen MR) is 161 cm³/mol. The molecule has 0 saturated heterocycles. The first-order valence-corrected chi connectivity index (χ1v) is 13.0. The van der Waals surface area contributed by atoms with E-state index in [1.165, 1.54) is 5.57 Å². The maximum absolute atomic E-state index is 4.26. The van der Waals surface area contributed by atoms with Gasteiger partial charge in [0.2, 0.25) is 0 Å². The van der Waals surface area contributed by atoms with Crippen molar-refractivity contribution in [2.45, 2.75) is 75.2 Å². The quantitative estimate of drug-likeness (QED) is 0.188. The molecule has 1 saturated carbocycles. The first-order valence-electron chi connectivity index (χ1n) is 12.5. The summed E-state index contributed by atoms with van der Waals surface area (Å²) in [7, 11) is 0. The number of benzene rings is 1. The Hall–Kier alpha value is -3.05. The molecule has 0 aromatic heterocycles. The van der Waals surface area contributed by atoms with E-state index in [4.69, 9.17) is 0 Å². The molecule has 1 unspecified atom stereocenters. The van der Waals surface area contributed by atoms with Crippen LogP contribution in [0.1, 0.15) is 86.3 Å². The molecule has 0 nitrogen and oxygen atoms in total. The molecule has 35 heavy (non-hydrogen) atoms. The fourth-order valence-corrected chi connectivity index (χ4v) is 2.78. The van der Waals surface area contributed by atoms with E-state index in [1.807, 2.05) is 84.9 Å². The lowest BCUT2D eigenvalue weighted by molar-refractivity contribution is 1.13. The molecule has 1 aliphatic rings. The molecule has 1 heteroatoms. The van der Waals surface area contributed by atoms with Gasteiger partial charge in [0.15, 0.2) is 0 Å². The molecule has 184 valence electrons. The molecule has 0 radical (unpaired) electrons. The molecule has 1 aliphatic carbocycles. The molecule has 0 N–H and O–H groups in total. The van der Waals surface area contributed by atoms with Crippen LogP contribution in [0.25, 0.3) is 0 Å². The van der Waals surface area contributed by atoms with Gasteiger partial charge in [0.1, 0.15) is 0 Å². The highest BCUT2D eigenvalue weighted by atomic mass is 32.1. The van der Waals surface area contributed by atoms with Crippen LogP contribution in [-0.2, 0) is 0 Å². The van der Waals surface area contributed by atoms with Gasteiger partial charge in [0, 0.05) is 22.6 Å². The number of thiol groups is 1. The van der Waals surface area contributed by atoms with E-state index in [9.17, 15) is 0 Å². The number of hydrogen-bond acceptors (Lipinski definition) is 1. The zero-order valence-electron chi connectivity index (χ0n) is 23.2. The normalized spacial score (nSPS) is 15.2. The second-order valence-electron chi connectivity index (χ2n) is 7.76. The minimum atomic E-state index is 0.398. The van der Waals surface area contributed by atoms with Crippen LogP contribution in [0.5, 0.6) is 0 Å². The Balaban J connectivity index is 0.00000274. The highest BCUT2D eigenvalue weighted by Gasteiger charge is 2.24. The Kier molecular flexibility index (Phi) is 16.7. The first-order chi connectivity index (χ1) is 16.8. The van der Waals surface area contributed by atoms with Crippen molar-refractivity contribution in [2.24, 2.45) is 5.92 Å². The van der Waals surface area contributed by atoms with Gasteiger partial charge in [-0.2, -0.15) is 0 Å². The summed E-state index contributed by atoms with van der Waals surface area (Å²) in [6, 6.07) is 8.13. The molecule has 0 bridgehead atoms. The summed E-state index contributed by atoms with van der Waals surface area (Å²) in [5.74, 6) is 19.9. The van der Waals surface area contributed by atoms with E-state index in [2.05, 4.69) is 74.7 Å². The average molecular weight is 483 g/mol. The van der Waals surface area contributed by atoms with Crippen molar-refractivity contribution in [3.8, 4) is 35.5 Å². The smallest absolute Gasteiger partial charge is 0.0451 e. The second-order valence-corrected chi connectivity index (χ2v) is 8.47. The predicted octanol–water partition coefficient (Wildman–Crippen LogP) is 9.47. The van der Waals surface area contributed by atoms with Crippen molar-refractivity contribution >= 4 is 12.6 Å². The van der Waals surface area contributed by atoms with Crippen molar-refractivity contribution in [1.29, 1.82) is 0 Å². The lowest BCUT2D eigenvalue weighted by atomic mass is 10.0. The average Bonchev–Trinajstić information content (AvgIpc) is 3.58. The molecular formula is C34H42S. The monoisotopic (exact) mass is 482 g/mol. The molecule has 0 spiro atoms. The van der Waals surface area contributed by atoms with Crippen LogP contribution in [0.4, 0.5) is 0 Å². The van der Waals surface area contributed by atoms with E-state index in [1.54, 1.807) is 0 Å². The Morgan fingerprint density at radius 3 is 1.89 bits per heavy atom. The minimum Gasteiger partial charge on any atom is -0.148 e. The number of hydrogen-bond donors (Lipinski definition) is 1. The third-order valence-electron chi connectivity index (χ3n) is 4.73. The molecule has 1 aromatic rings. The largest absolute Gasteiger partial charge is 0.148 e. The molecule has 1 atom stereocenters. The van der Waals surface area contributed by atoms with Crippen LogP contribution in [0.2, 0.25) is 0 Å². The van der Waals surface area contributed by atoms with Crippen molar-refractivity contribution in [3.63, 3.8) is 0 Å². The van der Waals surface area contributed by atoms with Crippen LogP contribution < -0.4 is 0 Å². The summed E-state index contributed by atoms with van der Waals surface area (Å²) in [6.45, 7) is 22.1. The van der Waals surface area contributed by atoms with Crippen LogP contribution in [0, 0.1) is 41.4 Å². The maximum Gasteiger partial charge on any atom is 0.0451 e. The van der Waals surface area contributed by atoms with Crippen LogP contribution in [0.3, 0.4) is 0 Å². The minimum absolute atomic E-state index is 0.398. The summed E-state index contributed by atoms with van der Waals surface area (Å²) >= 11 is 4.26. The summed E-state index contributed by atoms with van der Waals surface area (Å²) in [5, 5.41) is 0. The van der Waals surface area contributed by atoms with Gasteiger partial charge < -0.3 is 0 Å². The van der Waals surface area contributed by atoms with Crippen molar-refractivity contribution in [2.75, 3.05) is 0 Å². The van der Waals surface area contributed by atoms with E-state index >= 15 is 0 Å². The fraction of sp³-hybridized carbons (Fsp3) is 0.353. The van der Waals surface area contributed by atoms with Gasteiger partial charge in [-0.1, -0.05) is 94.4 Å². The van der Waals surface area contributed by atoms with Gasteiger partial charge in [-0.3, -0.25) is 0 Å². The van der Waals surface area contributed by atoms with Gasteiger partial charge in [-0.05, 0) is 92.5 Å². The van der Waals surface area contributed by atoms with Gasteiger partial charge in [0.25, 0.3) is 0 Å². The first kappa shape index (κ1) is 32.0. The van der Waals surface area contributed by atoms with Gasteiger partial charge >= 0.3 is 0 Å². The molecular weight excluding hydrogens is 440 g/mol. The Morgan fingerprint density at radius 2 is 1.40 bits per heavy atom. The van der Waals surface area contributed by atoms with E-state index in [-0.39, 0.29) is 0 Å². The molecule has 0 aliphatic heterocycles. The van der Waals surface area contributed by atoms with Crippen LogP contribution in [0.15, 0.2) is 81.8 Å². The third kappa shape index (κ3) is 14.1. The lowest BCUT2D eigenvalue weighted by Gasteiger charge is -2.00. The standard InChI is InChI=1S/C30H30S.2C2H6/c1-7-29(24(4)20-23(3)9-8-22(2)10-11-26(6)31)18-16-27-12-14-28(15-13-27)17-19-30-21-25(30)5;2*1-2/h10-15,20,30-31H,5,7,21H2,1-4,6H3;2*1-2H3/b22-10+,23-20+,26-11+,29-24+;;. The highest BCUT2D eigenvalue weighted by Crippen LogP contribution is 2.34. The summed E-state index contributed by atoms with van der Waals surface area (Å²) in [6.07, 6.45) is 7.97. The number of rotatable bonds is 3. The summed E-state index contributed by atoms with van der Waals surface area (Å²) < 4.78 is 0. The van der Waals surface area contributed by atoms with Gasteiger partial charge in [-0.15, -0.1) is 12.6 Å². The molecule has 0 heterocycles. The van der Waals surface area contributed by atoms with E-state index in [0.717, 1.165) is 51.2 Å². The Morgan fingerprint density at radius 1 is 0.886 bits per heavy atom. The zero-order chi connectivity index (χ0) is 26.8. The van der Waals surface area contributed by atoms with Crippen LogP contribution >= 0.6 is 12.6 Å². The molecule has 1 fully saturated rings.